The molecule has 0 aromatic heterocycles. The largest absolute Gasteiger partial charge is 0.544 e. The summed E-state index contributed by atoms with van der Waals surface area (Å²) in [4.78, 5) is 9.59. The molecule has 0 aliphatic rings. The zero-order chi connectivity index (χ0) is 11.1. The summed E-state index contributed by atoms with van der Waals surface area (Å²) in [5, 5.41) is 4.50. The Bertz CT molecular complexity index is 225. The Hall–Kier alpha value is -0.110. The number of carbonyl (C=O) groups is 1. The van der Waals surface area contributed by atoms with Crippen LogP contribution in [0.3, 0.4) is 0 Å². The number of rotatable bonds is 3. The lowest BCUT2D eigenvalue weighted by Gasteiger charge is -2.31. The van der Waals surface area contributed by atoms with Crippen molar-refractivity contribution in [2.24, 2.45) is 0 Å². The summed E-state index contributed by atoms with van der Waals surface area (Å²) >= 11 is 5.13. The van der Waals surface area contributed by atoms with Crippen molar-refractivity contribution in [1.29, 1.82) is 0 Å². The van der Waals surface area contributed by atoms with Gasteiger partial charge in [-0.25, -0.2) is 4.39 Å². The van der Waals surface area contributed by atoms with Crippen molar-refractivity contribution in [3.8, 4) is 0 Å². The fourth-order valence-corrected chi connectivity index (χ4v) is 0.587. The number of aliphatic carboxylic acids is 1. The smallest absolute Gasteiger partial charge is 0.371 e. The van der Waals surface area contributed by atoms with Crippen LogP contribution in [-0.2, 0) is 4.79 Å². The lowest BCUT2D eigenvalue weighted by Crippen LogP contribution is -2.59. The Balaban J connectivity index is 5.16. The first-order valence-electron chi connectivity index (χ1n) is 2.48. The summed E-state index contributed by atoms with van der Waals surface area (Å²) in [6.07, 6.45) is 0. The van der Waals surface area contributed by atoms with Gasteiger partial charge in [0, 0.05) is 0 Å². The Morgan fingerprint density at radius 1 is 1.23 bits per heavy atom. The molecule has 0 aromatic carbocycles. The lowest BCUT2D eigenvalue weighted by molar-refractivity contribution is -0.339. The highest BCUT2D eigenvalue weighted by Gasteiger charge is 2.69. The van der Waals surface area contributed by atoms with E-state index in [1.54, 1.807) is 0 Å². The monoisotopic (exact) mass is 289 g/mol. The second-order valence-corrected chi connectivity index (χ2v) is 3.50. The first-order chi connectivity index (χ1) is 5.44. The SMILES string of the molecule is O=C([O-])C(F)(F)[C@](F)(Br)C(F)(F)Cl. The van der Waals surface area contributed by atoms with Gasteiger partial charge < -0.3 is 9.90 Å². The average molecular weight is 290 g/mol. The van der Waals surface area contributed by atoms with Gasteiger partial charge in [0.25, 0.3) is 0 Å². The molecular weight excluding hydrogens is 290 g/mol. The minimum Gasteiger partial charge on any atom is -0.544 e. The van der Waals surface area contributed by atoms with Gasteiger partial charge in [-0.1, -0.05) is 0 Å². The number of alkyl halides is 7. The molecule has 0 amide bonds. The van der Waals surface area contributed by atoms with Crippen molar-refractivity contribution >= 4 is 33.5 Å². The van der Waals surface area contributed by atoms with E-state index >= 15 is 0 Å². The zero-order valence-corrected chi connectivity index (χ0v) is 7.80. The van der Waals surface area contributed by atoms with Crippen LogP contribution >= 0.6 is 27.5 Å². The molecule has 0 bridgehead atoms. The van der Waals surface area contributed by atoms with Gasteiger partial charge in [0.2, 0.25) is 0 Å². The van der Waals surface area contributed by atoms with Crippen LogP contribution in [0.5, 0.6) is 0 Å². The van der Waals surface area contributed by atoms with Crippen LogP contribution < -0.4 is 5.11 Å². The maximum absolute atomic E-state index is 12.5. The molecule has 0 saturated heterocycles. The van der Waals surface area contributed by atoms with E-state index in [4.69, 9.17) is 0 Å². The van der Waals surface area contributed by atoms with Crippen LogP contribution in [0.15, 0.2) is 0 Å². The van der Waals surface area contributed by atoms with Crippen molar-refractivity contribution in [1.82, 2.24) is 0 Å². The second-order valence-electron chi connectivity index (χ2n) is 1.93. The van der Waals surface area contributed by atoms with Crippen LogP contribution in [0.25, 0.3) is 0 Å². The van der Waals surface area contributed by atoms with E-state index in [9.17, 15) is 31.9 Å². The molecule has 0 N–H and O–H groups in total. The highest BCUT2D eigenvalue weighted by molar-refractivity contribution is 9.10. The molecule has 0 saturated carbocycles. The highest BCUT2D eigenvalue weighted by Crippen LogP contribution is 2.50. The van der Waals surface area contributed by atoms with Crippen LogP contribution in [0, 0.1) is 0 Å². The van der Waals surface area contributed by atoms with Crippen molar-refractivity contribution in [2.45, 2.75) is 15.9 Å². The number of hydrogen-bond donors (Lipinski definition) is 0. The standard InChI is InChI=1S/C4HBrClF5O2/c5-3(9,4(6,10)11)2(7,8)1(12)13/h(H,12,13)/p-1/t3-/m1/s1. The first kappa shape index (κ1) is 12.9. The number of hydrogen-bond acceptors (Lipinski definition) is 2. The summed E-state index contributed by atoms with van der Waals surface area (Å²) in [5.74, 6) is -8.75. The number of carbonyl (C=O) groups excluding carboxylic acids is 1. The van der Waals surface area contributed by atoms with Crippen molar-refractivity contribution in [3.63, 3.8) is 0 Å². The number of carboxylic acid groups (broad SMARTS) is 1. The Morgan fingerprint density at radius 3 is 1.62 bits per heavy atom. The fraction of sp³-hybridized carbons (Fsp3) is 0.750. The third kappa shape index (κ3) is 2.04. The van der Waals surface area contributed by atoms with Gasteiger partial charge in [-0.2, -0.15) is 17.6 Å². The number of carboxylic acids is 1. The Morgan fingerprint density at radius 2 is 1.54 bits per heavy atom. The van der Waals surface area contributed by atoms with Gasteiger partial charge in [0.1, 0.15) is 5.97 Å². The summed E-state index contributed by atoms with van der Waals surface area (Å²) in [6, 6.07) is 0. The second kappa shape index (κ2) is 3.23. The Labute approximate surface area is 81.8 Å². The predicted octanol–water partition coefficient (Wildman–Crippen LogP) is 1.26. The van der Waals surface area contributed by atoms with E-state index in [-0.39, 0.29) is 0 Å². The van der Waals surface area contributed by atoms with Gasteiger partial charge >= 0.3 is 15.9 Å². The molecule has 13 heavy (non-hydrogen) atoms. The third-order valence-corrected chi connectivity index (χ3v) is 2.49. The molecular formula is C4BrClF5O2-. The topological polar surface area (TPSA) is 40.1 Å². The van der Waals surface area contributed by atoms with E-state index in [2.05, 4.69) is 11.6 Å². The molecule has 0 aromatic rings. The quantitative estimate of drug-likeness (QED) is 0.580. The van der Waals surface area contributed by atoms with E-state index in [0.717, 1.165) is 0 Å². The van der Waals surface area contributed by atoms with Crippen LogP contribution in [0.2, 0.25) is 0 Å². The summed E-state index contributed by atoms with van der Waals surface area (Å²) in [5.41, 5.74) is 0. The molecule has 0 unspecified atom stereocenters. The molecule has 78 valence electrons. The van der Waals surface area contributed by atoms with Gasteiger partial charge in [-0.3, -0.25) is 0 Å². The van der Waals surface area contributed by atoms with Crippen molar-refractivity contribution in [3.05, 3.63) is 0 Å². The van der Waals surface area contributed by atoms with E-state index in [1.807, 2.05) is 0 Å². The molecule has 2 nitrogen and oxygen atoms in total. The summed E-state index contributed by atoms with van der Waals surface area (Å²) in [7, 11) is 0. The molecule has 1 atom stereocenters. The lowest BCUT2D eigenvalue weighted by atomic mass is 10.2. The Kier molecular flexibility index (Phi) is 3.20. The van der Waals surface area contributed by atoms with Gasteiger partial charge in [-0.15, -0.1) is 0 Å². The van der Waals surface area contributed by atoms with E-state index < -0.39 is 21.9 Å². The maximum Gasteiger partial charge on any atom is 0.371 e. The molecule has 0 rings (SSSR count). The molecule has 0 spiro atoms. The molecule has 0 fully saturated rings. The van der Waals surface area contributed by atoms with Crippen molar-refractivity contribution in [2.75, 3.05) is 0 Å². The zero-order valence-electron chi connectivity index (χ0n) is 5.46. The van der Waals surface area contributed by atoms with Gasteiger partial charge in [0.15, 0.2) is 0 Å². The van der Waals surface area contributed by atoms with Gasteiger partial charge in [0.05, 0.1) is 0 Å². The fourth-order valence-electron chi connectivity index (χ4n) is 0.306. The average Bonchev–Trinajstić information content (AvgIpc) is 1.84. The maximum atomic E-state index is 12.5. The molecule has 0 aliphatic carbocycles. The summed E-state index contributed by atoms with van der Waals surface area (Å²) < 4.78 is 55.8. The van der Waals surface area contributed by atoms with Crippen molar-refractivity contribution < 1.29 is 31.9 Å². The minimum atomic E-state index is -5.45. The third-order valence-electron chi connectivity index (χ3n) is 1.01. The summed E-state index contributed by atoms with van der Waals surface area (Å²) in [6.45, 7) is 0. The van der Waals surface area contributed by atoms with E-state index in [1.165, 1.54) is 15.9 Å². The normalized spacial score (nSPS) is 18.1. The molecule has 0 aliphatic heterocycles. The molecule has 0 heterocycles. The van der Waals surface area contributed by atoms with Crippen LogP contribution in [0.4, 0.5) is 22.0 Å². The van der Waals surface area contributed by atoms with Gasteiger partial charge in [-0.05, 0) is 27.5 Å². The van der Waals surface area contributed by atoms with E-state index in [0.29, 0.717) is 0 Å². The highest BCUT2D eigenvalue weighted by atomic mass is 79.9. The van der Waals surface area contributed by atoms with Crippen LogP contribution in [-0.4, -0.2) is 21.9 Å². The minimum absolute atomic E-state index is 1.21. The predicted molar refractivity (Wildman–Crippen MR) is 33.5 cm³/mol. The van der Waals surface area contributed by atoms with Crippen LogP contribution in [0.1, 0.15) is 0 Å². The molecule has 0 radical (unpaired) electrons. The molecule has 9 heteroatoms. The first-order valence-corrected chi connectivity index (χ1v) is 3.65. The number of halogens is 7.